The average Bonchev–Trinajstić information content (AvgIpc) is 2.58. The second-order valence-corrected chi connectivity index (χ2v) is 6.90. The molecule has 1 aromatic rings. The van der Waals surface area contributed by atoms with Gasteiger partial charge < -0.3 is 10.6 Å². The lowest BCUT2D eigenvalue weighted by molar-refractivity contribution is 0.600. The van der Waals surface area contributed by atoms with E-state index in [2.05, 4.69) is 4.98 Å². The Morgan fingerprint density at radius 1 is 1.59 bits per heavy atom. The molecule has 0 spiro atoms. The molecule has 0 radical (unpaired) electrons. The average molecular weight is 276 g/mol. The van der Waals surface area contributed by atoms with Gasteiger partial charge in [0.2, 0.25) is 0 Å². The number of pyridine rings is 1. The van der Waals surface area contributed by atoms with Crippen molar-refractivity contribution in [2.75, 3.05) is 29.2 Å². The van der Waals surface area contributed by atoms with Crippen molar-refractivity contribution >= 4 is 32.9 Å². The zero-order valence-corrected chi connectivity index (χ0v) is 11.0. The van der Waals surface area contributed by atoms with Crippen molar-refractivity contribution in [2.45, 2.75) is 12.5 Å². The third kappa shape index (κ3) is 2.63. The van der Waals surface area contributed by atoms with Gasteiger partial charge in [0.25, 0.3) is 0 Å². The Hall–Kier alpha value is -1.01. The molecule has 2 N–H and O–H groups in total. The number of sulfone groups is 1. The number of anilines is 2. The number of nitrogens with zero attached hydrogens (tertiary/aromatic N) is 2. The van der Waals surface area contributed by atoms with Crippen LogP contribution in [0.2, 0.25) is 5.02 Å². The van der Waals surface area contributed by atoms with Crippen molar-refractivity contribution in [1.82, 2.24) is 4.98 Å². The molecule has 1 aromatic heterocycles. The lowest BCUT2D eigenvalue weighted by Gasteiger charge is -2.25. The monoisotopic (exact) mass is 275 g/mol. The van der Waals surface area contributed by atoms with Gasteiger partial charge >= 0.3 is 0 Å². The maximum atomic E-state index is 11.4. The predicted molar refractivity (Wildman–Crippen MR) is 69.1 cm³/mol. The summed E-state index contributed by atoms with van der Waals surface area (Å²) < 4.78 is 22.8. The molecule has 0 saturated carbocycles. The van der Waals surface area contributed by atoms with Gasteiger partial charge in [-0.2, -0.15) is 0 Å². The van der Waals surface area contributed by atoms with E-state index in [-0.39, 0.29) is 17.5 Å². The van der Waals surface area contributed by atoms with E-state index in [0.29, 0.717) is 22.9 Å². The Kier molecular flexibility index (Phi) is 3.18. The smallest absolute Gasteiger partial charge is 0.152 e. The van der Waals surface area contributed by atoms with E-state index in [1.165, 1.54) is 6.20 Å². The van der Waals surface area contributed by atoms with Crippen molar-refractivity contribution in [3.8, 4) is 0 Å². The van der Waals surface area contributed by atoms with Gasteiger partial charge in [-0.05, 0) is 12.5 Å². The molecule has 2 rings (SSSR count). The van der Waals surface area contributed by atoms with Crippen LogP contribution in [0, 0.1) is 0 Å². The molecule has 94 valence electrons. The quantitative estimate of drug-likeness (QED) is 0.869. The summed E-state index contributed by atoms with van der Waals surface area (Å²) in [6.45, 7) is 0. The van der Waals surface area contributed by atoms with Crippen LogP contribution in [-0.4, -0.2) is 38.0 Å². The molecule has 17 heavy (non-hydrogen) atoms. The Morgan fingerprint density at radius 3 is 2.82 bits per heavy atom. The number of rotatable bonds is 2. The first kappa shape index (κ1) is 12.4. The van der Waals surface area contributed by atoms with Crippen molar-refractivity contribution in [3.05, 3.63) is 17.3 Å². The van der Waals surface area contributed by atoms with E-state index in [9.17, 15) is 8.42 Å². The van der Waals surface area contributed by atoms with Gasteiger partial charge in [0.1, 0.15) is 0 Å². The van der Waals surface area contributed by atoms with Crippen LogP contribution in [0.15, 0.2) is 12.3 Å². The second-order valence-electron chi connectivity index (χ2n) is 4.23. The molecule has 0 aromatic carbocycles. The van der Waals surface area contributed by atoms with Gasteiger partial charge in [-0.3, -0.25) is 0 Å². The molecule has 2 heterocycles. The Balaban J connectivity index is 2.23. The summed E-state index contributed by atoms with van der Waals surface area (Å²) in [5.41, 5.74) is 6.28. The zero-order chi connectivity index (χ0) is 12.6. The van der Waals surface area contributed by atoms with Crippen LogP contribution in [0.4, 0.5) is 11.5 Å². The fourth-order valence-corrected chi connectivity index (χ4v) is 3.94. The van der Waals surface area contributed by atoms with E-state index in [1.807, 2.05) is 4.90 Å². The van der Waals surface area contributed by atoms with Crippen molar-refractivity contribution in [2.24, 2.45) is 0 Å². The lowest BCUT2D eigenvalue weighted by Crippen LogP contribution is -2.33. The molecule has 7 heteroatoms. The molecule has 0 aliphatic carbocycles. The minimum Gasteiger partial charge on any atom is -0.396 e. The molecule has 1 saturated heterocycles. The van der Waals surface area contributed by atoms with Crippen molar-refractivity contribution in [1.29, 1.82) is 0 Å². The summed E-state index contributed by atoms with van der Waals surface area (Å²) in [4.78, 5) is 5.96. The fourth-order valence-electron chi connectivity index (χ4n) is 2.00. The third-order valence-corrected chi connectivity index (χ3v) is 4.91. The highest BCUT2D eigenvalue weighted by Gasteiger charge is 2.31. The summed E-state index contributed by atoms with van der Waals surface area (Å²) in [5, 5.41) is 0.471. The van der Waals surface area contributed by atoms with Crippen LogP contribution in [0.1, 0.15) is 6.42 Å². The molecule has 1 aliphatic heterocycles. The van der Waals surface area contributed by atoms with E-state index in [4.69, 9.17) is 17.3 Å². The first-order chi connectivity index (χ1) is 7.89. The Morgan fingerprint density at radius 2 is 2.29 bits per heavy atom. The highest BCUT2D eigenvalue weighted by Crippen LogP contribution is 2.27. The van der Waals surface area contributed by atoms with Crippen LogP contribution < -0.4 is 10.6 Å². The topological polar surface area (TPSA) is 76.3 Å². The standard InChI is InChI=1S/C10H14ClN3O2S/c1-14(8-2-3-17(15,16)6-8)10-9(12)4-7(11)5-13-10/h4-5,8H,2-3,6,12H2,1H3. The van der Waals surface area contributed by atoms with Gasteiger partial charge in [0.05, 0.1) is 22.2 Å². The van der Waals surface area contributed by atoms with E-state index in [0.717, 1.165) is 0 Å². The van der Waals surface area contributed by atoms with Crippen LogP contribution in [0.3, 0.4) is 0 Å². The van der Waals surface area contributed by atoms with Crippen molar-refractivity contribution in [3.63, 3.8) is 0 Å². The number of halogens is 1. The zero-order valence-electron chi connectivity index (χ0n) is 9.43. The molecule has 1 fully saturated rings. The lowest BCUT2D eigenvalue weighted by atomic mass is 10.2. The second kappa shape index (κ2) is 4.34. The maximum Gasteiger partial charge on any atom is 0.152 e. The van der Waals surface area contributed by atoms with Crippen LogP contribution >= 0.6 is 11.6 Å². The number of hydrogen-bond donors (Lipinski definition) is 1. The number of nitrogen functional groups attached to an aromatic ring is 1. The van der Waals surface area contributed by atoms with Gasteiger partial charge in [0.15, 0.2) is 15.7 Å². The Labute approximate surface area is 105 Å². The number of nitrogens with two attached hydrogens (primary N) is 1. The van der Waals surface area contributed by atoms with Gasteiger partial charge in [-0.1, -0.05) is 11.6 Å². The summed E-state index contributed by atoms with van der Waals surface area (Å²) in [7, 11) is -1.10. The van der Waals surface area contributed by atoms with Gasteiger partial charge in [-0.15, -0.1) is 0 Å². The highest BCUT2D eigenvalue weighted by atomic mass is 35.5. The number of aromatic nitrogens is 1. The molecule has 1 aliphatic rings. The normalized spacial score (nSPS) is 22.6. The first-order valence-corrected chi connectivity index (χ1v) is 7.43. The summed E-state index contributed by atoms with van der Waals surface area (Å²) >= 11 is 5.77. The minimum absolute atomic E-state index is 0.0593. The first-order valence-electron chi connectivity index (χ1n) is 5.23. The summed E-state index contributed by atoms with van der Waals surface area (Å²) in [6.07, 6.45) is 2.12. The third-order valence-electron chi connectivity index (χ3n) is 2.95. The molecule has 5 nitrogen and oxygen atoms in total. The molecular weight excluding hydrogens is 262 g/mol. The largest absolute Gasteiger partial charge is 0.396 e. The summed E-state index contributed by atoms with van der Waals surface area (Å²) in [6, 6.07) is 1.56. The minimum atomic E-state index is -2.91. The Bertz CT molecular complexity index is 532. The SMILES string of the molecule is CN(c1ncc(Cl)cc1N)C1CCS(=O)(=O)C1. The van der Waals surface area contributed by atoms with E-state index in [1.54, 1.807) is 13.1 Å². The predicted octanol–water partition coefficient (Wildman–Crippen LogP) is 0.941. The molecule has 1 unspecified atom stereocenters. The molecule has 1 atom stereocenters. The van der Waals surface area contributed by atoms with Crippen LogP contribution in [0.25, 0.3) is 0 Å². The van der Waals surface area contributed by atoms with E-state index < -0.39 is 9.84 Å². The number of hydrogen-bond acceptors (Lipinski definition) is 5. The van der Waals surface area contributed by atoms with Crippen LogP contribution in [0.5, 0.6) is 0 Å². The molecular formula is C10H14ClN3O2S. The van der Waals surface area contributed by atoms with Crippen molar-refractivity contribution < 1.29 is 8.42 Å². The van der Waals surface area contributed by atoms with Crippen LogP contribution in [-0.2, 0) is 9.84 Å². The maximum absolute atomic E-state index is 11.4. The van der Waals surface area contributed by atoms with Gasteiger partial charge in [-0.25, -0.2) is 13.4 Å². The van der Waals surface area contributed by atoms with Gasteiger partial charge in [0, 0.05) is 19.3 Å². The van der Waals surface area contributed by atoms with E-state index >= 15 is 0 Å². The fraction of sp³-hybridized carbons (Fsp3) is 0.500. The summed E-state index contributed by atoms with van der Waals surface area (Å²) in [5.74, 6) is 0.972. The molecule has 0 amide bonds. The molecule has 0 bridgehead atoms. The highest BCUT2D eigenvalue weighted by molar-refractivity contribution is 7.91.